The first-order valence-electron chi connectivity index (χ1n) is 7.75. The van der Waals surface area contributed by atoms with Gasteiger partial charge in [0.2, 0.25) is 5.91 Å². The molecule has 120 valence electrons. The van der Waals surface area contributed by atoms with Gasteiger partial charge in [-0.3, -0.25) is 9.59 Å². The highest BCUT2D eigenvalue weighted by molar-refractivity contribution is 9.10. The molecule has 1 N–H and O–H groups in total. The average molecular weight is 377 g/mol. The van der Waals surface area contributed by atoms with Crippen LogP contribution < -0.4 is 5.32 Å². The summed E-state index contributed by atoms with van der Waals surface area (Å²) < 4.78 is 5.83. The monoisotopic (exact) mass is 376 g/mol. The van der Waals surface area contributed by atoms with E-state index in [4.69, 9.17) is 4.74 Å². The van der Waals surface area contributed by atoms with Crippen molar-refractivity contribution in [3.8, 4) is 0 Å². The minimum Gasteiger partial charge on any atom is -0.469 e. The molecule has 2 bridgehead atoms. The summed E-state index contributed by atoms with van der Waals surface area (Å²) in [5, 5.41) is 2.86. The highest BCUT2D eigenvalue weighted by Crippen LogP contribution is 2.72. The predicted molar refractivity (Wildman–Crippen MR) is 87.3 cm³/mol. The van der Waals surface area contributed by atoms with E-state index in [9.17, 15) is 9.59 Å². The summed E-state index contributed by atoms with van der Waals surface area (Å²) in [6.07, 6.45) is 8.04. The van der Waals surface area contributed by atoms with Crippen LogP contribution in [-0.4, -0.2) is 24.0 Å². The number of ether oxygens (including phenoxy) is 1. The first-order chi connectivity index (χ1) is 11.1. The van der Waals surface area contributed by atoms with E-state index >= 15 is 0 Å². The van der Waals surface area contributed by atoms with E-state index in [-0.39, 0.29) is 41.0 Å². The molecule has 5 nitrogen and oxygen atoms in total. The van der Waals surface area contributed by atoms with Gasteiger partial charge in [0.25, 0.3) is 0 Å². The van der Waals surface area contributed by atoms with E-state index < -0.39 is 0 Å². The van der Waals surface area contributed by atoms with E-state index in [1.807, 2.05) is 6.07 Å². The van der Waals surface area contributed by atoms with E-state index in [1.165, 1.54) is 7.11 Å². The molecule has 2 saturated carbocycles. The van der Waals surface area contributed by atoms with E-state index in [0.717, 1.165) is 17.3 Å². The standard InChI is InChI=1S/C17H17BrN2O3/c1-23-16(22)14-11-4-3-10(17(11)6-7-17)13(14)15(21)20-12-5-2-9(18)8-19-12/h2-5,8,10-11,13-14H,6-7H2,1H3,(H,19,20,21)/t10-,11+,13?,14+/m0/s1. The molecular formula is C17H17BrN2O3. The Hall–Kier alpha value is -1.69. The number of allylic oxidation sites excluding steroid dienone is 2. The van der Waals surface area contributed by atoms with Crippen molar-refractivity contribution < 1.29 is 14.3 Å². The number of nitrogens with zero attached hydrogens (tertiary/aromatic N) is 1. The molecule has 0 aromatic carbocycles. The van der Waals surface area contributed by atoms with Crippen LogP contribution in [0.3, 0.4) is 0 Å². The number of carbonyl (C=O) groups excluding carboxylic acids is 2. The average Bonchev–Trinajstić information content (AvgIpc) is 3.22. The smallest absolute Gasteiger partial charge is 0.310 e. The molecule has 4 rings (SSSR count). The second-order valence-corrected chi connectivity index (χ2v) is 7.51. The van der Waals surface area contributed by atoms with Crippen LogP contribution in [0.25, 0.3) is 0 Å². The lowest BCUT2D eigenvalue weighted by molar-refractivity contribution is -0.150. The highest BCUT2D eigenvalue weighted by atomic mass is 79.9. The van der Waals surface area contributed by atoms with Gasteiger partial charge in [-0.15, -0.1) is 0 Å². The van der Waals surface area contributed by atoms with Gasteiger partial charge in [-0.05, 0) is 58.2 Å². The van der Waals surface area contributed by atoms with Crippen molar-refractivity contribution in [1.29, 1.82) is 0 Å². The molecule has 1 aromatic heterocycles. The summed E-state index contributed by atoms with van der Waals surface area (Å²) in [5.41, 5.74) is 0.119. The number of rotatable bonds is 3. The third-order valence-electron chi connectivity index (χ3n) is 5.60. The van der Waals surface area contributed by atoms with Gasteiger partial charge in [-0.25, -0.2) is 4.98 Å². The Morgan fingerprint density at radius 2 is 1.96 bits per heavy atom. The van der Waals surface area contributed by atoms with Gasteiger partial charge in [0.05, 0.1) is 18.9 Å². The van der Waals surface area contributed by atoms with Crippen LogP contribution in [0.2, 0.25) is 0 Å². The first-order valence-corrected chi connectivity index (χ1v) is 8.55. The minimum atomic E-state index is -0.382. The SMILES string of the molecule is COC(=O)[C@H]1C(C(=O)Nc2ccc(Br)cn2)[C@@H]2C=C[C@H]1C21CC1. The Morgan fingerprint density at radius 3 is 2.52 bits per heavy atom. The van der Waals surface area contributed by atoms with E-state index in [1.54, 1.807) is 12.3 Å². The molecule has 1 heterocycles. The molecule has 0 saturated heterocycles. The fourth-order valence-electron chi connectivity index (χ4n) is 4.47. The normalized spacial score (nSPS) is 32.1. The van der Waals surface area contributed by atoms with E-state index in [2.05, 4.69) is 38.4 Å². The predicted octanol–water partition coefficient (Wildman–Crippen LogP) is 2.78. The molecule has 3 aliphatic carbocycles. The molecule has 1 spiro atoms. The third-order valence-corrected chi connectivity index (χ3v) is 6.07. The Balaban J connectivity index is 1.61. The second kappa shape index (κ2) is 5.16. The van der Waals surface area contributed by atoms with Gasteiger partial charge in [0, 0.05) is 10.7 Å². The van der Waals surface area contributed by atoms with Gasteiger partial charge < -0.3 is 10.1 Å². The van der Waals surface area contributed by atoms with Crippen molar-refractivity contribution in [3.63, 3.8) is 0 Å². The molecule has 1 amide bonds. The summed E-state index contributed by atoms with van der Waals surface area (Å²) in [6.45, 7) is 0. The van der Waals surface area contributed by atoms with Crippen molar-refractivity contribution in [2.45, 2.75) is 12.8 Å². The summed E-state index contributed by atoms with van der Waals surface area (Å²) in [4.78, 5) is 29.3. The molecule has 4 atom stereocenters. The number of hydrogen-bond acceptors (Lipinski definition) is 4. The number of amides is 1. The van der Waals surface area contributed by atoms with Crippen LogP contribution in [0, 0.1) is 29.1 Å². The lowest BCUT2D eigenvalue weighted by Gasteiger charge is -2.24. The van der Waals surface area contributed by atoms with Crippen molar-refractivity contribution in [2.24, 2.45) is 29.1 Å². The Labute approximate surface area is 142 Å². The van der Waals surface area contributed by atoms with Crippen LogP contribution in [0.5, 0.6) is 0 Å². The second-order valence-electron chi connectivity index (χ2n) is 6.60. The van der Waals surface area contributed by atoms with Crippen LogP contribution in [0.1, 0.15) is 12.8 Å². The van der Waals surface area contributed by atoms with E-state index in [0.29, 0.717) is 5.82 Å². The zero-order chi connectivity index (χ0) is 16.2. The van der Waals surface area contributed by atoms with Crippen molar-refractivity contribution >= 4 is 33.6 Å². The number of pyridine rings is 1. The lowest BCUT2D eigenvalue weighted by atomic mass is 9.82. The number of esters is 1. The van der Waals surface area contributed by atoms with Gasteiger partial charge >= 0.3 is 5.97 Å². The maximum Gasteiger partial charge on any atom is 0.310 e. The summed E-state index contributed by atoms with van der Waals surface area (Å²) in [7, 11) is 1.39. The molecule has 0 radical (unpaired) electrons. The molecular weight excluding hydrogens is 360 g/mol. The number of methoxy groups -OCH3 is 1. The largest absolute Gasteiger partial charge is 0.469 e. The van der Waals surface area contributed by atoms with Crippen LogP contribution in [0.4, 0.5) is 5.82 Å². The molecule has 1 aromatic rings. The zero-order valence-corrected chi connectivity index (χ0v) is 14.2. The van der Waals surface area contributed by atoms with Gasteiger partial charge in [0.1, 0.15) is 5.82 Å². The number of nitrogens with one attached hydrogen (secondary N) is 1. The maximum atomic E-state index is 12.8. The maximum absolute atomic E-state index is 12.8. The number of hydrogen-bond donors (Lipinski definition) is 1. The molecule has 1 unspecified atom stereocenters. The summed E-state index contributed by atoms with van der Waals surface area (Å²) in [5.74, 6) is -0.409. The Kier molecular flexibility index (Phi) is 3.34. The van der Waals surface area contributed by atoms with Gasteiger partial charge in [-0.1, -0.05) is 12.2 Å². The minimum absolute atomic E-state index is 0.119. The number of carbonyl (C=O) groups is 2. The van der Waals surface area contributed by atoms with Crippen LogP contribution in [0.15, 0.2) is 35.0 Å². The summed E-state index contributed by atoms with van der Waals surface area (Å²) >= 11 is 3.32. The lowest BCUT2D eigenvalue weighted by Crippen LogP contribution is -2.37. The first kappa shape index (κ1) is 14.9. The highest BCUT2D eigenvalue weighted by Gasteiger charge is 2.70. The van der Waals surface area contributed by atoms with Crippen LogP contribution in [-0.2, 0) is 14.3 Å². The number of aromatic nitrogens is 1. The van der Waals surface area contributed by atoms with Crippen LogP contribution >= 0.6 is 15.9 Å². The topological polar surface area (TPSA) is 68.3 Å². The fraction of sp³-hybridized carbons (Fsp3) is 0.471. The summed E-state index contributed by atoms with van der Waals surface area (Å²) in [6, 6.07) is 3.56. The van der Waals surface area contributed by atoms with Crippen molar-refractivity contribution in [1.82, 2.24) is 4.98 Å². The quantitative estimate of drug-likeness (QED) is 0.650. The van der Waals surface area contributed by atoms with Gasteiger partial charge in [0.15, 0.2) is 0 Å². The molecule has 6 heteroatoms. The fourth-order valence-corrected chi connectivity index (χ4v) is 4.71. The molecule has 0 aliphatic heterocycles. The Morgan fingerprint density at radius 1 is 1.26 bits per heavy atom. The zero-order valence-electron chi connectivity index (χ0n) is 12.7. The molecule has 3 aliphatic rings. The van der Waals surface area contributed by atoms with Crippen molar-refractivity contribution in [3.05, 3.63) is 35.0 Å². The molecule has 2 fully saturated rings. The van der Waals surface area contributed by atoms with Crippen molar-refractivity contribution in [2.75, 3.05) is 12.4 Å². The number of halogens is 1. The van der Waals surface area contributed by atoms with Gasteiger partial charge in [-0.2, -0.15) is 0 Å². The third kappa shape index (κ3) is 2.15. The molecule has 23 heavy (non-hydrogen) atoms. The number of anilines is 1. The Bertz CT molecular complexity index is 696.